The average molecular weight is 282 g/mol. The highest BCUT2D eigenvalue weighted by Crippen LogP contribution is 2.57. The molecule has 4 atom stereocenters. The summed E-state index contributed by atoms with van der Waals surface area (Å²) in [5, 5.41) is 4.77. The van der Waals surface area contributed by atoms with Crippen LogP contribution in [0.1, 0.15) is 12.5 Å². The molecule has 2 nitrogen and oxygen atoms in total. The second-order valence-electron chi connectivity index (χ2n) is 5.39. The second-order valence-corrected chi connectivity index (χ2v) is 6.24. The normalized spacial score (nSPS) is 39.4. The molecule has 0 saturated carbocycles. The van der Waals surface area contributed by atoms with Crippen molar-refractivity contribution >= 4 is 28.9 Å². The summed E-state index contributed by atoms with van der Waals surface area (Å²) in [5.41, 5.74) is 1.73. The minimum Gasteiger partial charge on any atom is -0.383 e. The van der Waals surface area contributed by atoms with Gasteiger partial charge < -0.3 is 10.1 Å². The molecule has 4 rings (SSSR count). The van der Waals surface area contributed by atoms with Gasteiger partial charge in [-0.25, -0.2) is 0 Å². The van der Waals surface area contributed by atoms with Crippen molar-refractivity contribution in [1.29, 1.82) is 0 Å². The van der Waals surface area contributed by atoms with Gasteiger partial charge in [-0.1, -0.05) is 36.2 Å². The largest absolute Gasteiger partial charge is 0.383 e. The predicted octanol–water partition coefficient (Wildman–Crippen LogP) is 3.84. The maximum absolute atomic E-state index is 6.28. The van der Waals surface area contributed by atoms with Crippen LogP contribution < -0.4 is 5.32 Å². The minimum absolute atomic E-state index is 0.223. The molecule has 94 valence electrons. The molecule has 1 N–H and O–H groups in total. The lowest BCUT2D eigenvalue weighted by Gasteiger charge is -2.39. The van der Waals surface area contributed by atoms with E-state index in [-0.39, 0.29) is 11.7 Å². The zero-order valence-electron chi connectivity index (χ0n) is 9.91. The lowest BCUT2D eigenvalue weighted by Crippen LogP contribution is -2.41. The van der Waals surface area contributed by atoms with E-state index in [9.17, 15) is 0 Å². The molecule has 2 bridgehead atoms. The molecular weight excluding hydrogens is 269 g/mol. The van der Waals surface area contributed by atoms with Crippen molar-refractivity contribution in [2.45, 2.75) is 18.6 Å². The molecule has 3 aliphatic rings. The molecule has 18 heavy (non-hydrogen) atoms. The molecule has 1 fully saturated rings. The van der Waals surface area contributed by atoms with Crippen LogP contribution in [0.2, 0.25) is 10.0 Å². The highest BCUT2D eigenvalue weighted by atomic mass is 35.5. The Bertz CT molecular complexity index is 571. The SMILES string of the molecule is CC1C2C=CC3(O2)c2cc(Cl)cc(Cl)c2NCC13. The Morgan fingerprint density at radius 1 is 1.39 bits per heavy atom. The van der Waals surface area contributed by atoms with Gasteiger partial charge in [0.05, 0.1) is 16.8 Å². The fourth-order valence-electron chi connectivity index (χ4n) is 3.62. The van der Waals surface area contributed by atoms with Crippen molar-refractivity contribution < 1.29 is 4.74 Å². The summed E-state index contributed by atoms with van der Waals surface area (Å²) in [4.78, 5) is 0. The summed E-state index contributed by atoms with van der Waals surface area (Å²) in [6.07, 6.45) is 4.58. The lowest BCUT2D eigenvalue weighted by molar-refractivity contribution is 0.00869. The van der Waals surface area contributed by atoms with Gasteiger partial charge in [0.1, 0.15) is 5.60 Å². The van der Waals surface area contributed by atoms with Crippen molar-refractivity contribution in [3.63, 3.8) is 0 Å². The summed E-state index contributed by atoms with van der Waals surface area (Å²) >= 11 is 12.4. The zero-order chi connectivity index (χ0) is 12.5. The number of rotatable bonds is 0. The van der Waals surface area contributed by atoms with E-state index < -0.39 is 0 Å². The van der Waals surface area contributed by atoms with Gasteiger partial charge in [0, 0.05) is 23.0 Å². The monoisotopic (exact) mass is 281 g/mol. The fraction of sp³-hybridized carbons (Fsp3) is 0.429. The molecule has 4 unspecified atom stereocenters. The first-order valence-corrected chi connectivity index (χ1v) is 6.98. The van der Waals surface area contributed by atoms with Gasteiger partial charge in [0.2, 0.25) is 0 Å². The molecule has 1 aromatic carbocycles. The molecule has 1 aromatic rings. The first-order chi connectivity index (χ1) is 8.62. The van der Waals surface area contributed by atoms with Crippen LogP contribution in [0, 0.1) is 11.8 Å². The highest BCUT2D eigenvalue weighted by molar-refractivity contribution is 6.36. The van der Waals surface area contributed by atoms with Crippen LogP contribution in [0.15, 0.2) is 24.3 Å². The number of nitrogens with one attached hydrogen (secondary N) is 1. The summed E-state index contributed by atoms with van der Waals surface area (Å²) in [6, 6.07) is 3.76. The Morgan fingerprint density at radius 3 is 3.06 bits per heavy atom. The molecule has 0 aliphatic carbocycles. The van der Waals surface area contributed by atoms with E-state index in [1.807, 2.05) is 6.07 Å². The number of anilines is 1. The van der Waals surface area contributed by atoms with Gasteiger partial charge in [-0.05, 0) is 24.1 Å². The van der Waals surface area contributed by atoms with Gasteiger partial charge in [-0.3, -0.25) is 0 Å². The zero-order valence-corrected chi connectivity index (χ0v) is 11.4. The second kappa shape index (κ2) is 3.44. The van der Waals surface area contributed by atoms with Crippen LogP contribution in [-0.4, -0.2) is 12.6 Å². The smallest absolute Gasteiger partial charge is 0.119 e. The Morgan fingerprint density at radius 2 is 2.22 bits per heavy atom. The van der Waals surface area contributed by atoms with E-state index in [1.165, 1.54) is 0 Å². The van der Waals surface area contributed by atoms with Crippen molar-refractivity contribution in [2.24, 2.45) is 11.8 Å². The van der Waals surface area contributed by atoms with Crippen molar-refractivity contribution in [2.75, 3.05) is 11.9 Å². The van der Waals surface area contributed by atoms with E-state index in [0.717, 1.165) is 17.8 Å². The van der Waals surface area contributed by atoms with E-state index in [4.69, 9.17) is 27.9 Å². The predicted molar refractivity (Wildman–Crippen MR) is 73.3 cm³/mol. The van der Waals surface area contributed by atoms with E-state index in [2.05, 4.69) is 24.4 Å². The first-order valence-electron chi connectivity index (χ1n) is 6.22. The molecule has 1 spiro atoms. The summed E-state index contributed by atoms with van der Waals surface area (Å²) in [5.74, 6) is 0.975. The van der Waals surface area contributed by atoms with Crippen LogP contribution in [0.5, 0.6) is 0 Å². The Hall–Kier alpha value is -0.700. The van der Waals surface area contributed by atoms with Gasteiger partial charge in [0.25, 0.3) is 0 Å². The van der Waals surface area contributed by atoms with Crippen LogP contribution in [0.25, 0.3) is 0 Å². The molecule has 0 amide bonds. The van der Waals surface area contributed by atoms with E-state index in [0.29, 0.717) is 21.9 Å². The maximum atomic E-state index is 6.28. The number of ether oxygens (including phenoxy) is 1. The lowest BCUT2D eigenvalue weighted by atomic mass is 9.71. The third-order valence-corrected chi connectivity index (χ3v) is 5.06. The Kier molecular flexibility index (Phi) is 2.13. The third kappa shape index (κ3) is 1.19. The molecule has 3 heterocycles. The van der Waals surface area contributed by atoms with E-state index in [1.54, 1.807) is 6.07 Å². The molecule has 1 saturated heterocycles. The van der Waals surface area contributed by atoms with Crippen LogP contribution >= 0.6 is 23.2 Å². The molecule has 0 aromatic heterocycles. The third-order valence-electron chi connectivity index (χ3n) is 4.54. The van der Waals surface area contributed by atoms with Crippen molar-refractivity contribution in [1.82, 2.24) is 0 Å². The molecule has 3 aliphatic heterocycles. The Balaban J connectivity index is 1.98. The number of hydrogen-bond acceptors (Lipinski definition) is 2. The molecule has 0 radical (unpaired) electrons. The van der Waals surface area contributed by atoms with Gasteiger partial charge >= 0.3 is 0 Å². The fourth-order valence-corrected chi connectivity index (χ4v) is 4.18. The van der Waals surface area contributed by atoms with Crippen LogP contribution in [0.3, 0.4) is 0 Å². The van der Waals surface area contributed by atoms with Gasteiger partial charge in [-0.2, -0.15) is 0 Å². The average Bonchev–Trinajstić information content (AvgIpc) is 2.86. The first kappa shape index (κ1) is 11.2. The van der Waals surface area contributed by atoms with Crippen molar-refractivity contribution in [3.8, 4) is 0 Å². The quantitative estimate of drug-likeness (QED) is 0.730. The number of fused-ring (bicyclic) bond motifs is 2. The highest BCUT2D eigenvalue weighted by Gasteiger charge is 2.57. The number of benzene rings is 1. The topological polar surface area (TPSA) is 21.3 Å². The minimum atomic E-state index is -0.320. The van der Waals surface area contributed by atoms with E-state index >= 15 is 0 Å². The standard InChI is InChI=1S/C14H13Cl2NO/c1-7-10-6-17-13-9(4-8(15)5-11(13)16)14(10)3-2-12(7)18-14/h2-5,7,10,12,17H,6H2,1H3. The van der Waals surface area contributed by atoms with Gasteiger partial charge in [-0.15, -0.1) is 0 Å². The van der Waals surface area contributed by atoms with Crippen molar-refractivity contribution in [3.05, 3.63) is 39.9 Å². The Labute approximate surface area is 116 Å². The molecule has 4 heteroatoms. The summed E-state index contributed by atoms with van der Waals surface area (Å²) in [7, 11) is 0. The molecular formula is C14H13Cl2NO. The summed E-state index contributed by atoms with van der Waals surface area (Å²) in [6.45, 7) is 3.15. The van der Waals surface area contributed by atoms with Crippen LogP contribution in [0.4, 0.5) is 5.69 Å². The van der Waals surface area contributed by atoms with Gasteiger partial charge in [0.15, 0.2) is 0 Å². The number of halogens is 2. The van der Waals surface area contributed by atoms with Crippen LogP contribution in [-0.2, 0) is 10.3 Å². The summed E-state index contributed by atoms with van der Waals surface area (Å²) < 4.78 is 6.24. The number of hydrogen-bond donors (Lipinski definition) is 1. The maximum Gasteiger partial charge on any atom is 0.119 e.